The van der Waals surface area contributed by atoms with E-state index in [1.54, 1.807) is 38.6 Å². The van der Waals surface area contributed by atoms with Crippen molar-refractivity contribution in [3.63, 3.8) is 0 Å². The van der Waals surface area contributed by atoms with Crippen molar-refractivity contribution in [3.8, 4) is 11.5 Å². The number of anilines is 2. The van der Waals surface area contributed by atoms with Crippen LogP contribution in [0.4, 0.5) is 11.6 Å². The van der Waals surface area contributed by atoms with Gasteiger partial charge < -0.3 is 24.6 Å². The smallest absolute Gasteiger partial charge is 0.259 e. The van der Waals surface area contributed by atoms with Crippen molar-refractivity contribution in [1.29, 1.82) is 0 Å². The van der Waals surface area contributed by atoms with E-state index in [-0.39, 0.29) is 5.91 Å². The molecule has 1 saturated heterocycles. The van der Waals surface area contributed by atoms with Crippen molar-refractivity contribution in [2.24, 2.45) is 0 Å². The fourth-order valence-electron chi connectivity index (χ4n) is 3.20. The predicted octanol–water partition coefficient (Wildman–Crippen LogP) is 2.20. The van der Waals surface area contributed by atoms with E-state index < -0.39 is 0 Å². The lowest BCUT2D eigenvalue weighted by molar-refractivity contribution is 0.102. The molecule has 8 heteroatoms. The van der Waals surface area contributed by atoms with Crippen molar-refractivity contribution in [2.45, 2.75) is 13.8 Å². The maximum atomic E-state index is 12.8. The third-order valence-electron chi connectivity index (χ3n) is 4.97. The number of carbonyl (C=O) groups is 1. The molecule has 28 heavy (non-hydrogen) atoms. The van der Waals surface area contributed by atoms with Crippen molar-refractivity contribution < 1.29 is 14.3 Å². The number of nitrogens with one attached hydrogen (secondary N) is 1. The molecule has 1 aromatic heterocycles. The molecule has 1 aliphatic rings. The number of hydrogen-bond donors (Lipinski definition) is 1. The Balaban J connectivity index is 1.75. The molecular formula is C20H27N5O3. The molecule has 1 amide bonds. The van der Waals surface area contributed by atoms with Crippen LogP contribution in [0.15, 0.2) is 24.4 Å². The highest BCUT2D eigenvalue weighted by molar-refractivity contribution is 6.05. The van der Waals surface area contributed by atoms with Crippen LogP contribution < -0.4 is 19.7 Å². The summed E-state index contributed by atoms with van der Waals surface area (Å²) in [4.78, 5) is 26.3. The van der Waals surface area contributed by atoms with Gasteiger partial charge in [0.2, 0.25) is 5.95 Å². The van der Waals surface area contributed by atoms with Gasteiger partial charge in [0.1, 0.15) is 11.5 Å². The summed E-state index contributed by atoms with van der Waals surface area (Å²) in [5.74, 6) is 1.57. The normalized spacial score (nSPS) is 14.6. The van der Waals surface area contributed by atoms with Gasteiger partial charge in [-0.15, -0.1) is 0 Å². The van der Waals surface area contributed by atoms with E-state index in [1.807, 2.05) is 6.92 Å². The Morgan fingerprint density at radius 3 is 2.54 bits per heavy atom. The molecule has 0 saturated carbocycles. The number of amides is 1. The maximum Gasteiger partial charge on any atom is 0.259 e. The summed E-state index contributed by atoms with van der Waals surface area (Å²) in [7, 11) is 3.13. The van der Waals surface area contributed by atoms with Crippen molar-refractivity contribution in [3.05, 3.63) is 35.7 Å². The molecule has 8 nitrogen and oxygen atoms in total. The van der Waals surface area contributed by atoms with Crippen molar-refractivity contribution in [2.75, 3.05) is 57.2 Å². The molecule has 0 bridgehead atoms. The number of methoxy groups -OCH3 is 2. The third kappa shape index (κ3) is 4.33. The number of nitrogens with zero attached hydrogens (tertiary/aromatic N) is 4. The van der Waals surface area contributed by atoms with Crippen LogP contribution in [-0.4, -0.2) is 67.7 Å². The summed E-state index contributed by atoms with van der Waals surface area (Å²) in [5.41, 5.74) is 1.61. The SMILES string of the molecule is CCN1CCN(c2ncc(C(=O)Nc3cc(OC)ccc3OC)c(C)n2)CC1. The summed E-state index contributed by atoms with van der Waals surface area (Å²) in [5, 5.41) is 2.86. The zero-order chi connectivity index (χ0) is 20.1. The van der Waals surface area contributed by atoms with Crippen molar-refractivity contribution >= 4 is 17.5 Å². The van der Waals surface area contributed by atoms with E-state index in [9.17, 15) is 4.79 Å². The quantitative estimate of drug-likeness (QED) is 0.816. The Morgan fingerprint density at radius 2 is 1.93 bits per heavy atom. The minimum Gasteiger partial charge on any atom is -0.497 e. The van der Waals surface area contributed by atoms with Gasteiger partial charge in [0.15, 0.2) is 0 Å². The second-order valence-corrected chi connectivity index (χ2v) is 6.61. The number of benzene rings is 1. The molecule has 0 aliphatic carbocycles. The molecule has 0 radical (unpaired) electrons. The summed E-state index contributed by atoms with van der Waals surface area (Å²) in [6, 6.07) is 5.24. The molecule has 1 N–H and O–H groups in total. The molecule has 2 aromatic rings. The van der Waals surface area contributed by atoms with Crippen LogP contribution in [-0.2, 0) is 0 Å². The maximum absolute atomic E-state index is 12.8. The Morgan fingerprint density at radius 1 is 1.18 bits per heavy atom. The number of ether oxygens (including phenoxy) is 2. The molecule has 0 spiro atoms. The topological polar surface area (TPSA) is 79.8 Å². The lowest BCUT2D eigenvalue weighted by Crippen LogP contribution is -2.46. The van der Waals surface area contributed by atoms with Crippen LogP contribution in [0.2, 0.25) is 0 Å². The van der Waals surface area contributed by atoms with Crippen LogP contribution in [0.25, 0.3) is 0 Å². The molecule has 150 valence electrons. The Bertz CT molecular complexity index is 835. The van der Waals surface area contributed by atoms with Gasteiger partial charge in [0.25, 0.3) is 5.91 Å². The van der Waals surface area contributed by atoms with Crippen LogP contribution in [0.5, 0.6) is 11.5 Å². The highest BCUT2D eigenvalue weighted by atomic mass is 16.5. The molecule has 0 atom stereocenters. The molecule has 1 fully saturated rings. The summed E-state index contributed by atoms with van der Waals surface area (Å²) in [6.45, 7) is 8.82. The van der Waals surface area contributed by atoms with Crippen LogP contribution in [0.1, 0.15) is 23.0 Å². The molecule has 1 aliphatic heterocycles. The van der Waals surface area contributed by atoms with Gasteiger partial charge in [-0.25, -0.2) is 9.97 Å². The molecule has 0 unspecified atom stereocenters. The first-order valence-corrected chi connectivity index (χ1v) is 9.40. The lowest BCUT2D eigenvalue weighted by atomic mass is 10.2. The first-order valence-electron chi connectivity index (χ1n) is 9.40. The summed E-state index contributed by atoms with van der Waals surface area (Å²) >= 11 is 0. The Hall–Kier alpha value is -2.87. The molecular weight excluding hydrogens is 358 g/mol. The molecule has 3 rings (SSSR count). The monoisotopic (exact) mass is 385 g/mol. The third-order valence-corrected chi connectivity index (χ3v) is 4.97. The van der Waals surface area contributed by atoms with Gasteiger partial charge >= 0.3 is 0 Å². The minimum absolute atomic E-state index is 0.286. The second kappa shape index (κ2) is 8.88. The van der Waals surface area contributed by atoms with Crippen LogP contribution in [0.3, 0.4) is 0 Å². The predicted molar refractivity (Wildman–Crippen MR) is 109 cm³/mol. The first-order chi connectivity index (χ1) is 13.5. The number of rotatable bonds is 6. The minimum atomic E-state index is -0.286. The summed E-state index contributed by atoms with van der Waals surface area (Å²) in [6.07, 6.45) is 1.59. The number of piperazine rings is 1. The van der Waals surface area contributed by atoms with E-state index in [2.05, 4.69) is 32.0 Å². The fraction of sp³-hybridized carbons (Fsp3) is 0.450. The zero-order valence-electron chi connectivity index (χ0n) is 16.9. The zero-order valence-corrected chi connectivity index (χ0v) is 16.9. The van der Waals surface area contributed by atoms with E-state index in [4.69, 9.17) is 9.47 Å². The highest BCUT2D eigenvalue weighted by Gasteiger charge is 2.20. The summed E-state index contributed by atoms with van der Waals surface area (Å²) < 4.78 is 10.5. The number of likely N-dealkylation sites (N-methyl/N-ethyl adjacent to an activating group) is 1. The van der Waals surface area contributed by atoms with E-state index >= 15 is 0 Å². The van der Waals surface area contributed by atoms with Gasteiger partial charge in [-0.2, -0.15) is 0 Å². The van der Waals surface area contributed by atoms with Crippen molar-refractivity contribution in [1.82, 2.24) is 14.9 Å². The Labute approximate surface area is 165 Å². The van der Waals surface area contributed by atoms with Gasteiger partial charge in [0, 0.05) is 38.4 Å². The molecule has 1 aromatic carbocycles. The van der Waals surface area contributed by atoms with Crippen LogP contribution >= 0.6 is 0 Å². The van der Waals surface area contributed by atoms with E-state index in [1.165, 1.54) is 0 Å². The first kappa shape index (κ1) is 19.9. The average molecular weight is 385 g/mol. The van der Waals surface area contributed by atoms with Gasteiger partial charge in [-0.3, -0.25) is 4.79 Å². The van der Waals surface area contributed by atoms with E-state index in [0.29, 0.717) is 34.4 Å². The number of aromatic nitrogens is 2. The second-order valence-electron chi connectivity index (χ2n) is 6.61. The van der Waals surface area contributed by atoms with Gasteiger partial charge in [-0.05, 0) is 25.6 Å². The van der Waals surface area contributed by atoms with Crippen LogP contribution in [0, 0.1) is 6.92 Å². The number of carbonyl (C=O) groups excluding carboxylic acids is 1. The average Bonchev–Trinajstić information content (AvgIpc) is 2.73. The number of hydrogen-bond acceptors (Lipinski definition) is 7. The largest absolute Gasteiger partial charge is 0.497 e. The molecule has 2 heterocycles. The lowest BCUT2D eigenvalue weighted by Gasteiger charge is -2.34. The fourth-order valence-corrected chi connectivity index (χ4v) is 3.20. The highest BCUT2D eigenvalue weighted by Crippen LogP contribution is 2.29. The standard InChI is InChI=1S/C20H27N5O3/c1-5-24-8-10-25(11-9-24)20-21-13-16(14(2)22-20)19(26)23-17-12-15(27-3)6-7-18(17)28-4/h6-7,12-13H,5,8-11H2,1-4H3,(H,23,26). The number of aryl methyl sites for hydroxylation is 1. The van der Waals surface area contributed by atoms with Gasteiger partial charge in [-0.1, -0.05) is 6.92 Å². The van der Waals surface area contributed by atoms with Gasteiger partial charge in [0.05, 0.1) is 31.2 Å². The Kier molecular flexibility index (Phi) is 6.30. The van der Waals surface area contributed by atoms with E-state index in [0.717, 1.165) is 32.7 Å².